The van der Waals surface area contributed by atoms with Gasteiger partial charge in [0.2, 0.25) is 0 Å². The van der Waals surface area contributed by atoms with Crippen LogP contribution in [0.1, 0.15) is 33.6 Å². The molecule has 0 saturated carbocycles. The minimum absolute atomic E-state index is 0.281. The molecule has 0 aliphatic carbocycles. The maximum atomic E-state index is 13.1. The molecule has 1 saturated heterocycles. The van der Waals surface area contributed by atoms with Crippen molar-refractivity contribution >= 4 is 11.8 Å². The molecule has 4 nitrogen and oxygen atoms in total. The van der Waals surface area contributed by atoms with Crippen molar-refractivity contribution in [2.24, 2.45) is 5.92 Å². The van der Waals surface area contributed by atoms with Crippen LogP contribution in [-0.2, 0) is 4.74 Å². The van der Waals surface area contributed by atoms with Gasteiger partial charge < -0.3 is 15.0 Å². The van der Waals surface area contributed by atoms with Gasteiger partial charge in [0, 0.05) is 31.4 Å². The Morgan fingerprint density at radius 3 is 2.30 bits per heavy atom. The first-order valence-corrected chi connectivity index (χ1v) is 7.91. The lowest BCUT2D eigenvalue weighted by molar-refractivity contribution is 0.0188. The maximum absolute atomic E-state index is 13.1. The van der Waals surface area contributed by atoms with Gasteiger partial charge in [-0.3, -0.25) is 0 Å². The Morgan fingerprint density at radius 1 is 1.22 bits per heavy atom. The number of nitrogens with one attached hydrogen (secondary N) is 1. The molecule has 1 fully saturated rings. The van der Waals surface area contributed by atoms with Crippen LogP contribution < -0.4 is 5.32 Å². The van der Waals surface area contributed by atoms with Crippen LogP contribution in [0.5, 0.6) is 0 Å². The highest BCUT2D eigenvalue weighted by molar-refractivity contribution is 5.68. The number of likely N-dealkylation sites (tertiary alicyclic amines) is 1. The van der Waals surface area contributed by atoms with E-state index in [1.54, 1.807) is 4.90 Å². The van der Waals surface area contributed by atoms with Crippen LogP contribution in [0.4, 0.5) is 19.3 Å². The molecule has 1 aliphatic heterocycles. The Balaban J connectivity index is 1.77. The van der Waals surface area contributed by atoms with Gasteiger partial charge in [-0.05, 0) is 51.7 Å². The fraction of sp³-hybridized carbons (Fsp3) is 0.588. The van der Waals surface area contributed by atoms with Crippen LogP contribution in [0.3, 0.4) is 0 Å². The quantitative estimate of drug-likeness (QED) is 0.912. The average molecular weight is 326 g/mol. The van der Waals surface area contributed by atoms with Gasteiger partial charge in [-0.25, -0.2) is 13.6 Å². The lowest BCUT2D eigenvalue weighted by Gasteiger charge is -2.33. The number of hydrogen-bond donors (Lipinski definition) is 1. The van der Waals surface area contributed by atoms with Crippen molar-refractivity contribution < 1.29 is 18.3 Å². The Kier molecular flexibility index (Phi) is 5.44. The fourth-order valence-electron chi connectivity index (χ4n) is 2.56. The van der Waals surface area contributed by atoms with E-state index in [2.05, 4.69) is 5.32 Å². The predicted molar refractivity (Wildman–Crippen MR) is 85.4 cm³/mol. The molecule has 6 heteroatoms. The van der Waals surface area contributed by atoms with Crippen LogP contribution in [0.2, 0.25) is 0 Å². The minimum atomic E-state index is -0.591. The summed E-state index contributed by atoms with van der Waals surface area (Å²) in [7, 11) is 0. The zero-order valence-corrected chi connectivity index (χ0v) is 13.9. The minimum Gasteiger partial charge on any atom is -0.444 e. The summed E-state index contributed by atoms with van der Waals surface area (Å²) in [6.07, 6.45) is 1.39. The molecule has 1 N–H and O–H groups in total. The van der Waals surface area contributed by atoms with E-state index in [0.29, 0.717) is 31.2 Å². The number of anilines is 1. The molecule has 0 unspecified atom stereocenters. The van der Waals surface area contributed by atoms with Crippen molar-refractivity contribution in [3.8, 4) is 0 Å². The van der Waals surface area contributed by atoms with E-state index in [9.17, 15) is 13.6 Å². The number of carbonyl (C=O) groups is 1. The molecule has 0 atom stereocenters. The molecule has 1 aromatic carbocycles. The summed E-state index contributed by atoms with van der Waals surface area (Å²) < 4.78 is 31.6. The monoisotopic (exact) mass is 326 g/mol. The zero-order chi connectivity index (χ0) is 17.0. The fourth-order valence-corrected chi connectivity index (χ4v) is 2.56. The van der Waals surface area contributed by atoms with Crippen LogP contribution in [0, 0.1) is 17.6 Å². The number of rotatable bonds is 3. The topological polar surface area (TPSA) is 41.6 Å². The van der Waals surface area contributed by atoms with Gasteiger partial charge in [-0.15, -0.1) is 0 Å². The maximum Gasteiger partial charge on any atom is 0.410 e. The normalized spacial score (nSPS) is 16.3. The van der Waals surface area contributed by atoms with Gasteiger partial charge in [0.25, 0.3) is 0 Å². The third kappa shape index (κ3) is 5.69. The summed E-state index contributed by atoms with van der Waals surface area (Å²) in [6.45, 7) is 7.45. The molecule has 128 valence electrons. The number of halogens is 2. The molecular formula is C17H24F2N2O2. The van der Waals surface area contributed by atoms with Crippen LogP contribution in [0.15, 0.2) is 18.2 Å². The van der Waals surface area contributed by atoms with Gasteiger partial charge in [-0.2, -0.15) is 0 Å². The van der Waals surface area contributed by atoms with Gasteiger partial charge >= 0.3 is 6.09 Å². The first kappa shape index (κ1) is 17.5. The number of carbonyl (C=O) groups excluding carboxylic acids is 1. The molecule has 1 aliphatic rings. The van der Waals surface area contributed by atoms with E-state index in [-0.39, 0.29) is 6.09 Å². The smallest absolute Gasteiger partial charge is 0.410 e. The molecule has 0 aromatic heterocycles. The Hall–Kier alpha value is -1.85. The number of hydrogen-bond acceptors (Lipinski definition) is 3. The van der Waals surface area contributed by atoms with Gasteiger partial charge in [0.15, 0.2) is 0 Å². The van der Waals surface area contributed by atoms with E-state index in [1.807, 2.05) is 20.8 Å². The van der Waals surface area contributed by atoms with Crippen LogP contribution in [-0.4, -0.2) is 36.2 Å². The summed E-state index contributed by atoms with van der Waals surface area (Å²) in [5, 5.41) is 3.06. The number of piperidine rings is 1. The van der Waals surface area contributed by atoms with Crippen molar-refractivity contribution in [2.45, 2.75) is 39.2 Å². The van der Waals surface area contributed by atoms with E-state index in [4.69, 9.17) is 4.74 Å². The van der Waals surface area contributed by atoms with Gasteiger partial charge in [0.05, 0.1) is 0 Å². The average Bonchev–Trinajstić information content (AvgIpc) is 2.43. The summed E-state index contributed by atoms with van der Waals surface area (Å²) in [4.78, 5) is 13.7. The largest absolute Gasteiger partial charge is 0.444 e. The van der Waals surface area contributed by atoms with Gasteiger partial charge in [0.1, 0.15) is 17.2 Å². The SMILES string of the molecule is CC(C)(C)OC(=O)N1CCC(CNc2cc(F)cc(F)c2)CC1. The van der Waals surface area contributed by atoms with Crippen LogP contribution in [0.25, 0.3) is 0 Å². The number of amides is 1. The summed E-state index contributed by atoms with van der Waals surface area (Å²) in [5.41, 5.74) is -0.0474. The van der Waals surface area contributed by atoms with Crippen LogP contribution >= 0.6 is 0 Å². The molecular weight excluding hydrogens is 302 g/mol. The summed E-state index contributed by atoms with van der Waals surface area (Å²) in [5.74, 6) is -0.820. The second-order valence-corrected chi connectivity index (χ2v) is 6.95. The predicted octanol–water partition coefficient (Wildman–Crippen LogP) is 4.02. The molecule has 0 bridgehead atoms. The lowest BCUT2D eigenvalue weighted by atomic mass is 9.97. The first-order chi connectivity index (χ1) is 10.7. The summed E-state index contributed by atoms with van der Waals surface area (Å²) >= 11 is 0. The molecule has 1 heterocycles. The van der Waals surface area contributed by atoms with Crippen molar-refractivity contribution in [3.63, 3.8) is 0 Å². The van der Waals surface area contributed by atoms with Gasteiger partial charge in [-0.1, -0.05) is 0 Å². The molecule has 23 heavy (non-hydrogen) atoms. The van der Waals surface area contributed by atoms with Crippen molar-refractivity contribution in [1.82, 2.24) is 4.90 Å². The van der Waals surface area contributed by atoms with E-state index in [1.165, 1.54) is 12.1 Å². The Morgan fingerprint density at radius 2 is 1.78 bits per heavy atom. The third-order valence-corrected chi connectivity index (χ3v) is 3.72. The molecule has 1 aromatic rings. The standard InChI is InChI=1S/C17H24F2N2O2/c1-17(2,3)23-16(22)21-6-4-12(5-7-21)11-20-15-9-13(18)8-14(19)10-15/h8-10,12,20H,4-7,11H2,1-3H3. The lowest BCUT2D eigenvalue weighted by Crippen LogP contribution is -2.42. The second-order valence-electron chi connectivity index (χ2n) is 6.95. The number of benzene rings is 1. The highest BCUT2D eigenvalue weighted by Gasteiger charge is 2.26. The third-order valence-electron chi connectivity index (χ3n) is 3.72. The number of ether oxygens (including phenoxy) is 1. The summed E-state index contributed by atoms with van der Waals surface area (Å²) in [6, 6.07) is 3.41. The van der Waals surface area contributed by atoms with Crippen molar-refractivity contribution in [2.75, 3.05) is 25.0 Å². The first-order valence-electron chi connectivity index (χ1n) is 7.91. The van der Waals surface area contributed by atoms with E-state index < -0.39 is 17.2 Å². The Labute approximate surface area is 135 Å². The van der Waals surface area contributed by atoms with Crippen molar-refractivity contribution in [3.05, 3.63) is 29.8 Å². The number of nitrogens with zero attached hydrogens (tertiary/aromatic N) is 1. The Bertz CT molecular complexity index is 530. The molecule has 0 spiro atoms. The molecule has 1 amide bonds. The van der Waals surface area contributed by atoms with E-state index >= 15 is 0 Å². The molecule has 2 rings (SSSR count). The molecule has 0 radical (unpaired) electrons. The highest BCUT2D eigenvalue weighted by atomic mass is 19.1. The van der Waals surface area contributed by atoms with E-state index in [0.717, 1.165) is 18.9 Å². The highest BCUT2D eigenvalue weighted by Crippen LogP contribution is 2.21. The van der Waals surface area contributed by atoms with Crippen molar-refractivity contribution in [1.29, 1.82) is 0 Å². The zero-order valence-electron chi connectivity index (χ0n) is 13.9. The second kappa shape index (κ2) is 7.15.